The Morgan fingerprint density at radius 2 is 2.00 bits per heavy atom. The van der Waals surface area contributed by atoms with Gasteiger partial charge in [-0.05, 0) is 60.2 Å². The highest BCUT2D eigenvalue weighted by Crippen LogP contribution is 2.32. The Kier molecular flexibility index (Phi) is 6.01. The standard InChI is InChI=1S/C21H25N3O3S2/c1-13-2-3-17-15(10-13)11-18(29-17)21(27)23-22-19(25)4-5-20(26)24-8-6-16-14(12-24)7-9-28-16/h7,9,11,13H,2-6,8,10,12H2,1H3,(H,22,25)(H,23,27). The second-order valence-corrected chi connectivity index (χ2v) is 9.98. The molecule has 8 heteroatoms. The second-order valence-electron chi connectivity index (χ2n) is 7.84. The van der Waals surface area contributed by atoms with Gasteiger partial charge < -0.3 is 4.90 Å². The highest BCUT2D eigenvalue weighted by Gasteiger charge is 2.23. The first-order chi connectivity index (χ1) is 14.0. The minimum atomic E-state index is -0.352. The Hall–Kier alpha value is -2.19. The summed E-state index contributed by atoms with van der Waals surface area (Å²) in [5, 5.41) is 2.05. The zero-order chi connectivity index (χ0) is 20.4. The molecule has 0 fully saturated rings. The number of carbonyl (C=O) groups is 3. The lowest BCUT2D eigenvalue weighted by molar-refractivity contribution is -0.134. The van der Waals surface area contributed by atoms with Crippen molar-refractivity contribution in [3.63, 3.8) is 0 Å². The first-order valence-corrected chi connectivity index (χ1v) is 11.7. The Bertz CT molecular complexity index is 934. The quantitative estimate of drug-likeness (QED) is 0.731. The highest BCUT2D eigenvalue weighted by atomic mass is 32.1. The summed E-state index contributed by atoms with van der Waals surface area (Å²) < 4.78 is 0. The summed E-state index contributed by atoms with van der Waals surface area (Å²) in [5.41, 5.74) is 7.38. The summed E-state index contributed by atoms with van der Waals surface area (Å²) in [6.07, 6.45) is 4.27. The molecule has 1 unspecified atom stereocenters. The van der Waals surface area contributed by atoms with E-state index in [0.717, 1.165) is 25.7 Å². The third-order valence-corrected chi connectivity index (χ3v) is 7.85. The van der Waals surface area contributed by atoms with Crippen LogP contribution in [0.25, 0.3) is 0 Å². The maximum absolute atomic E-state index is 12.4. The van der Waals surface area contributed by atoms with Gasteiger partial charge in [-0.3, -0.25) is 25.2 Å². The van der Waals surface area contributed by atoms with E-state index in [9.17, 15) is 14.4 Å². The SMILES string of the molecule is CC1CCc2sc(C(=O)NNC(=O)CCC(=O)N3CCc4sccc4C3)cc2C1. The van der Waals surface area contributed by atoms with Gasteiger partial charge in [-0.1, -0.05) is 6.92 Å². The van der Waals surface area contributed by atoms with Crippen LogP contribution in [0.2, 0.25) is 0 Å². The average molecular weight is 432 g/mol. The minimum absolute atomic E-state index is 0.0246. The van der Waals surface area contributed by atoms with E-state index in [0.29, 0.717) is 23.9 Å². The normalized spacial score (nSPS) is 18.0. The summed E-state index contributed by atoms with van der Waals surface area (Å²) in [6, 6.07) is 4.00. The van der Waals surface area contributed by atoms with Crippen molar-refractivity contribution < 1.29 is 14.4 Å². The van der Waals surface area contributed by atoms with Crippen LogP contribution in [0.1, 0.15) is 56.7 Å². The summed E-state index contributed by atoms with van der Waals surface area (Å²) >= 11 is 3.24. The molecule has 29 heavy (non-hydrogen) atoms. The maximum Gasteiger partial charge on any atom is 0.279 e. The number of fused-ring (bicyclic) bond motifs is 2. The zero-order valence-electron chi connectivity index (χ0n) is 16.5. The van der Waals surface area contributed by atoms with E-state index in [4.69, 9.17) is 0 Å². The lowest BCUT2D eigenvalue weighted by Gasteiger charge is -2.27. The topological polar surface area (TPSA) is 78.5 Å². The first-order valence-electron chi connectivity index (χ1n) is 10.0. The smallest absolute Gasteiger partial charge is 0.279 e. The maximum atomic E-state index is 12.4. The molecule has 0 spiro atoms. The molecule has 0 aromatic carbocycles. The molecule has 0 saturated carbocycles. The van der Waals surface area contributed by atoms with Crippen molar-refractivity contribution in [3.05, 3.63) is 43.3 Å². The number of hydrogen-bond acceptors (Lipinski definition) is 5. The molecule has 4 rings (SSSR count). The molecule has 2 aliphatic rings. The van der Waals surface area contributed by atoms with E-state index in [1.807, 2.05) is 6.07 Å². The molecule has 2 N–H and O–H groups in total. The minimum Gasteiger partial charge on any atom is -0.338 e. The molecule has 1 aliphatic carbocycles. The zero-order valence-corrected chi connectivity index (χ0v) is 18.1. The molecule has 2 aromatic heterocycles. The fraction of sp³-hybridized carbons (Fsp3) is 0.476. The summed E-state index contributed by atoms with van der Waals surface area (Å²) in [6.45, 7) is 3.55. The van der Waals surface area contributed by atoms with Crippen LogP contribution >= 0.6 is 22.7 Å². The number of thiophene rings is 2. The van der Waals surface area contributed by atoms with Crippen molar-refractivity contribution >= 4 is 40.4 Å². The van der Waals surface area contributed by atoms with Gasteiger partial charge in [0.25, 0.3) is 5.91 Å². The number of rotatable bonds is 4. The largest absolute Gasteiger partial charge is 0.338 e. The summed E-state index contributed by atoms with van der Waals surface area (Å²) in [7, 11) is 0. The second kappa shape index (κ2) is 8.67. The van der Waals surface area contributed by atoms with Crippen molar-refractivity contribution in [2.75, 3.05) is 6.54 Å². The van der Waals surface area contributed by atoms with Crippen LogP contribution in [-0.2, 0) is 35.4 Å². The van der Waals surface area contributed by atoms with E-state index in [1.54, 1.807) is 16.2 Å². The summed E-state index contributed by atoms with van der Waals surface area (Å²) in [5.74, 6) is -0.0209. The molecular weight excluding hydrogens is 406 g/mol. The van der Waals surface area contributed by atoms with Gasteiger partial charge in [-0.15, -0.1) is 22.7 Å². The molecular formula is C21H25N3O3S2. The third kappa shape index (κ3) is 4.70. The molecule has 3 amide bonds. The predicted octanol–water partition coefficient (Wildman–Crippen LogP) is 3.06. The fourth-order valence-electron chi connectivity index (χ4n) is 3.91. The van der Waals surface area contributed by atoms with Gasteiger partial charge >= 0.3 is 0 Å². The molecule has 0 radical (unpaired) electrons. The van der Waals surface area contributed by atoms with Gasteiger partial charge in [0.2, 0.25) is 11.8 Å². The third-order valence-electron chi connectivity index (χ3n) is 5.59. The molecule has 0 saturated heterocycles. The van der Waals surface area contributed by atoms with Crippen LogP contribution < -0.4 is 10.9 Å². The molecule has 1 atom stereocenters. The summed E-state index contributed by atoms with van der Waals surface area (Å²) in [4.78, 5) is 41.9. The monoisotopic (exact) mass is 431 g/mol. The van der Waals surface area contributed by atoms with E-state index >= 15 is 0 Å². The van der Waals surface area contributed by atoms with Crippen LogP contribution in [-0.4, -0.2) is 29.2 Å². The van der Waals surface area contributed by atoms with Crippen LogP contribution in [0, 0.1) is 5.92 Å². The molecule has 2 aromatic rings. The molecule has 6 nitrogen and oxygen atoms in total. The van der Waals surface area contributed by atoms with Crippen LogP contribution in [0.3, 0.4) is 0 Å². The van der Waals surface area contributed by atoms with Crippen molar-refractivity contribution in [2.45, 2.75) is 52.0 Å². The predicted molar refractivity (Wildman–Crippen MR) is 114 cm³/mol. The molecule has 154 valence electrons. The van der Waals surface area contributed by atoms with Crippen molar-refractivity contribution in [1.29, 1.82) is 0 Å². The van der Waals surface area contributed by atoms with E-state index in [2.05, 4.69) is 29.2 Å². The van der Waals surface area contributed by atoms with Gasteiger partial charge in [0.15, 0.2) is 0 Å². The van der Waals surface area contributed by atoms with Crippen molar-refractivity contribution in [1.82, 2.24) is 15.8 Å². The molecule has 0 bridgehead atoms. The number of nitrogens with one attached hydrogen (secondary N) is 2. The Morgan fingerprint density at radius 3 is 2.86 bits per heavy atom. The van der Waals surface area contributed by atoms with Gasteiger partial charge in [-0.2, -0.15) is 0 Å². The lowest BCUT2D eigenvalue weighted by atomic mass is 9.90. The number of carbonyl (C=O) groups excluding carboxylic acids is 3. The molecule has 1 aliphatic heterocycles. The fourth-order valence-corrected chi connectivity index (χ4v) is 5.90. The first kappa shape index (κ1) is 20.1. The highest BCUT2D eigenvalue weighted by molar-refractivity contribution is 7.14. The average Bonchev–Trinajstić information content (AvgIpc) is 3.35. The van der Waals surface area contributed by atoms with E-state index < -0.39 is 0 Å². The number of hydrazine groups is 1. The van der Waals surface area contributed by atoms with Gasteiger partial charge in [0.1, 0.15) is 0 Å². The molecule has 3 heterocycles. The lowest BCUT2D eigenvalue weighted by Crippen LogP contribution is -2.42. The van der Waals surface area contributed by atoms with Gasteiger partial charge in [-0.25, -0.2) is 0 Å². The van der Waals surface area contributed by atoms with E-state index in [-0.39, 0.29) is 30.6 Å². The van der Waals surface area contributed by atoms with Crippen LogP contribution in [0.15, 0.2) is 17.5 Å². The Morgan fingerprint density at radius 1 is 1.14 bits per heavy atom. The van der Waals surface area contributed by atoms with Gasteiger partial charge in [0, 0.05) is 35.7 Å². The van der Waals surface area contributed by atoms with Crippen LogP contribution in [0.5, 0.6) is 0 Å². The number of amides is 3. The Labute approximate surface area is 178 Å². The number of hydrogen-bond donors (Lipinski definition) is 2. The van der Waals surface area contributed by atoms with Crippen LogP contribution in [0.4, 0.5) is 0 Å². The van der Waals surface area contributed by atoms with Crippen molar-refractivity contribution in [3.8, 4) is 0 Å². The Balaban J connectivity index is 1.21. The number of aryl methyl sites for hydroxylation is 1. The van der Waals surface area contributed by atoms with Gasteiger partial charge in [0.05, 0.1) is 4.88 Å². The number of nitrogens with zero attached hydrogens (tertiary/aromatic N) is 1. The van der Waals surface area contributed by atoms with E-state index in [1.165, 1.54) is 32.2 Å². The van der Waals surface area contributed by atoms with Crippen molar-refractivity contribution in [2.24, 2.45) is 5.92 Å².